The summed E-state index contributed by atoms with van der Waals surface area (Å²) >= 11 is 0. The number of nitrogens with two attached hydrogens (primary N) is 1. The first kappa shape index (κ1) is 13.9. The zero-order valence-electron chi connectivity index (χ0n) is 11.2. The Balaban J connectivity index is 1.98. The second-order valence-corrected chi connectivity index (χ2v) is 4.44. The van der Waals surface area contributed by atoms with E-state index in [1.54, 1.807) is 36.5 Å². The molecule has 1 aromatic carbocycles. The molecule has 0 atom stereocenters. The van der Waals surface area contributed by atoms with Crippen molar-refractivity contribution in [3.63, 3.8) is 0 Å². The van der Waals surface area contributed by atoms with Crippen LogP contribution in [0.15, 0.2) is 47.4 Å². The van der Waals surface area contributed by atoms with E-state index in [0.29, 0.717) is 17.8 Å². The Morgan fingerprint density at radius 3 is 2.85 bits per heavy atom. The lowest BCUT2D eigenvalue weighted by Gasteiger charge is -2.09. The number of hydrogen-bond acceptors (Lipinski definition) is 4. The minimum atomic E-state index is -0.432. The fourth-order valence-electron chi connectivity index (χ4n) is 1.82. The molecule has 1 aromatic heterocycles. The van der Waals surface area contributed by atoms with Crippen LogP contribution in [0.5, 0.6) is 0 Å². The maximum absolute atomic E-state index is 11.9. The maximum Gasteiger partial charge on any atom is 0.338 e. The van der Waals surface area contributed by atoms with E-state index in [9.17, 15) is 9.59 Å². The van der Waals surface area contributed by atoms with Crippen molar-refractivity contribution in [3.05, 3.63) is 64.1 Å². The lowest BCUT2D eigenvalue weighted by Crippen LogP contribution is -2.21. The number of carbonyl (C=O) groups is 1. The highest BCUT2D eigenvalue weighted by atomic mass is 16.5. The molecule has 2 N–H and O–H groups in total. The third-order valence-electron chi connectivity index (χ3n) is 2.95. The topological polar surface area (TPSA) is 74.3 Å². The molecule has 2 aromatic rings. The van der Waals surface area contributed by atoms with E-state index < -0.39 is 5.97 Å². The lowest BCUT2D eigenvalue weighted by atomic mass is 10.1. The highest BCUT2D eigenvalue weighted by Gasteiger charge is 2.10. The van der Waals surface area contributed by atoms with Gasteiger partial charge in [0.1, 0.15) is 6.61 Å². The summed E-state index contributed by atoms with van der Waals surface area (Å²) in [5.41, 5.74) is 7.30. The summed E-state index contributed by atoms with van der Waals surface area (Å²) in [6.07, 6.45) is 1.65. The molecular formula is C15H16N2O3. The van der Waals surface area contributed by atoms with Crippen LogP contribution in [0.1, 0.15) is 15.9 Å². The maximum atomic E-state index is 11.9. The number of anilines is 1. The molecule has 0 saturated heterocycles. The van der Waals surface area contributed by atoms with Crippen LogP contribution in [-0.2, 0) is 11.3 Å². The van der Waals surface area contributed by atoms with Crippen LogP contribution in [0.3, 0.4) is 0 Å². The number of nitrogens with zero attached hydrogens (tertiary/aromatic N) is 1. The summed E-state index contributed by atoms with van der Waals surface area (Å²) in [7, 11) is 0. The number of pyridine rings is 1. The van der Waals surface area contributed by atoms with Gasteiger partial charge in [-0.3, -0.25) is 4.79 Å². The minimum absolute atomic E-state index is 0.122. The number of hydrogen-bond donors (Lipinski definition) is 1. The average molecular weight is 272 g/mol. The van der Waals surface area contributed by atoms with E-state index in [0.717, 1.165) is 5.56 Å². The molecule has 2 rings (SSSR count). The van der Waals surface area contributed by atoms with Crippen molar-refractivity contribution in [2.45, 2.75) is 13.5 Å². The Morgan fingerprint density at radius 2 is 2.10 bits per heavy atom. The SMILES string of the molecule is Cc1ccc(N)cc1C(=O)OCCn1ccccc1=O. The second kappa shape index (κ2) is 6.06. The molecule has 5 heteroatoms. The highest BCUT2D eigenvalue weighted by Crippen LogP contribution is 2.13. The first-order valence-corrected chi connectivity index (χ1v) is 6.26. The van der Waals surface area contributed by atoms with E-state index in [4.69, 9.17) is 10.5 Å². The van der Waals surface area contributed by atoms with E-state index in [1.165, 1.54) is 10.6 Å². The molecule has 1 heterocycles. The Kier molecular flexibility index (Phi) is 4.20. The molecule has 0 spiro atoms. The van der Waals surface area contributed by atoms with Crippen molar-refractivity contribution in [2.75, 3.05) is 12.3 Å². The molecule has 0 unspecified atom stereocenters. The van der Waals surface area contributed by atoms with Gasteiger partial charge in [-0.05, 0) is 30.7 Å². The van der Waals surface area contributed by atoms with E-state index in [2.05, 4.69) is 0 Å². The quantitative estimate of drug-likeness (QED) is 0.677. The van der Waals surface area contributed by atoms with E-state index in [1.807, 2.05) is 6.92 Å². The average Bonchev–Trinajstić information content (AvgIpc) is 2.43. The van der Waals surface area contributed by atoms with Crippen LogP contribution in [0, 0.1) is 6.92 Å². The molecule has 0 amide bonds. The van der Waals surface area contributed by atoms with Gasteiger partial charge >= 0.3 is 5.97 Å². The van der Waals surface area contributed by atoms with E-state index >= 15 is 0 Å². The number of esters is 1. The number of carbonyl (C=O) groups excluding carboxylic acids is 1. The highest BCUT2D eigenvalue weighted by molar-refractivity contribution is 5.92. The van der Waals surface area contributed by atoms with Gasteiger partial charge in [0.05, 0.1) is 12.1 Å². The van der Waals surface area contributed by atoms with Crippen molar-refractivity contribution in [1.82, 2.24) is 4.57 Å². The standard InChI is InChI=1S/C15H16N2O3/c1-11-5-6-12(16)10-13(11)15(19)20-9-8-17-7-3-2-4-14(17)18/h2-7,10H,8-9,16H2,1H3. The molecule has 104 valence electrons. The molecule has 5 nitrogen and oxygen atoms in total. The van der Waals surface area contributed by atoms with Crippen LogP contribution in [0.4, 0.5) is 5.69 Å². The normalized spacial score (nSPS) is 10.2. The number of nitrogen functional groups attached to an aromatic ring is 1. The smallest absolute Gasteiger partial charge is 0.338 e. The summed E-state index contributed by atoms with van der Waals surface area (Å²) in [5.74, 6) is -0.432. The van der Waals surface area contributed by atoms with Gasteiger partial charge in [-0.25, -0.2) is 4.79 Å². The van der Waals surface area contributed by atoms with Gasteiger partial charge in [0.15, 0.2) is 0 Å². The van der Waals surface area contributed by atoms with Gasteiger partial charge in [-0.15, -0.1) is 0 Å². The fourth-order valence-corrected chi connectivity index (χ4v) is 1.82. The van der Waals surface area contributed by atoms with Crippen molar-refractivity contribution in [1.29, 1.82) is 0 Å². The summed E-state index contributed by atoms with van der Waals surface area (Å²) in [5, 5.41) is 0. The first-order chi connectivity index (χ1) is 9.58. The van der Waals surface area contributed by atoms with E-state index in [-0.39, 0.29) is 12.2 Å². The van der Waals surface area contributed by atoms with Gasteiger partial charge in [-0.2, -0.15) is 0 Å². The molecule has 0 radical (unpaired) electrons. The summed E-state index contributed by atoms with van der Waals surface area (Å²) in [6, 6.07) is 9.98. The largest absolute Gasteiger partial charge is 0.460 e. The molecule has 0 saturated carbocycles. The Morgan fingerprint density at radius 1 is 1.30 bits per heavy atom. The molecule has 0 aliphatic rings. The summed E-state index contributed by atoms with van der Waals surface area (Å²) < 4.78 is 6.65. The Bertz CT molecular complexity index is 677. The van der Waals surface area contributed by atoms with Crippen LogP contribution >= 0.6 is 0 Å². The molecule has 0 aliphatic heterocycles. The lowest BCUT2D eigenvalue weighted by molar-refractivity contribution is 0.0489. The summed E-state index contributed by atoms with van der Waals surface area (Å²) in [4.78, 5) is 23.4. The van der Waals surface area contributed by atoms with Crippen LogP contribution in [0.2, 0.25) is 0 Å². The van der Waals surface area contributed by atoms with Crippen molar-refractivity contribution in [2.24, 2.45) is 0 Å². The van der Waals surface area contributed by atoms with Crippen LogP contribution in [-0.4, -0.2) is 17.1 Å². The zero-order valence-corrected chi connectivity index (χ0v) is 11.2. The predicted octanol–water partition coefficient (Wildman–Crippen LogP) is 1.60. The van der Waals surface area contributed by atoms with Crippen molar-refractivity contribution < 1.29 is 9.53 Å². The van der Waals surface area contributed by atoms with Gasteiger partial charge < -0.3 is 15.0 Å². The third kappa shape index (κ3) is 3.26. The van der Waals surface area contributed by atoms with Gasteiger partial charge in [0, 0.05) is 18.0 Å². The van der Waals surface area contributed by atoms with Crippen molar-refractivity contribution >= 4 is 11.7 Å². The number of rotatable bonds is 4. The number of aromatic nitrogens is 1. The molecule has 0 bridgehead atoms. The van der Waals surface area contributed by atoms with Gasteiger partial charge in [-0.1, -0.05) is 12.1 Å². The molecule has 0 fully saturated rings. The Hall–Kier alpha value is -2.56. The van der Waals surface area contributed by atoms with Crippen LogP contribution in [0.25, 0.3) is 0 Å². The Labute approximate surface area is 116 Å². The molecular weight excluding hydrogens is 256 g/mol. The second-order valence-electron chi connectivity index (χ2n) is 4.44. The number of benzene rings is 1. The number of ether oxygens (including phenoxy) is 1. The molecule has 20 heavy (non-hydrogen) atoms. The first-order valence-electron chi connectivity index (χ1n) is 6.26. The molecule has 0 aliphatic carbocycles. The monoisotopic (exact) mass is 272 g/mol. The fraction of sp³-hybridized carbons (Fsp3) is 0.200. The summed E-state index contributed by atoms with van der Waals surface area (Å²) in [6.45, 7) is 2.28. The third-order valence-corrected chi connectivity index (χ3v) is 2.95. The van der Waals surface area contributed by atoms with Gasteiger partial charge in [0.2, 0.25) is 0 Å². The number of aryl methyl sites for hydroxylation is 1. The minimum Gasteiger partial charge on any atom is -0.460 e. The van der Waals surface area contributed by atoms with Crippen molar-refractivity contribution in [3.8, 4) is 0 Å². The zero-order chi connectivity index (χ0) is 14.5. The van der Waals surface area contributed by atoms with Crippen LogP contribution < -0.4 is 11.3 Å². The predicted molar refractivity (Wildman–Crippen MR) is 76.6 cm³/mol. The van der Waals surface area contributed by atoms with Gasteiger partial charge in [0.25, 0.3) is 5.56 Å².